The highest BCUT2D eigenvalue weighted by atomic mass is 16.2. The summed E-state index contributed by atoms with van der Waals surface area (Å²) in [5, 5.41) is 0. The van der Waals surface area contributed by atoms with Crippen LogP contribution in [0.4, 0.5) is 0 Å². The summed E-state index contributed by atoms with van der Waals surface area (Å²) in [6.07, 6.45) is 3.65. The summed E-state index contributed by atoms with van der Waals surface area (Å²) in [6.45, 7) is 1.44. The quantitative estimate of drug-likeness (QED) is 0.285. The summed E-state index contributed by atoms with van der Waals surface area (Å²) in [5.74, 6) is -0.0182. The zero-order valence-corrected chi connectivity index (χ0v) is 10.0. The number of nitrogens with zero attached hydrogens (tertiary/aromatic N) is 1. The van der Waals surface area contributed by atoms with E-state index in [1.54, 1.807) is 12.7 Å². The highest BCUT2D eigenvalue weighted by Crippen LogP contribution is 2.08. The van der Waals surface area contributed by atoms with Crippen molar-refractivity contribution in [3.8, 4) is 0 Å². The predicted octanol–water partition coefficient (Wildman–Crippen LogP) is -1.48. The van der Waals surface area contributed by atoms with Crippen LogP contribution in [0.3, 0.4) is 0 Å². The van der Waals surface area contributed by atoms with Gasteiger partial charge in [-0.05, 0) is 32.1 Å². The predicted molar refractivity (Wildman–Crippen MR) is 66.9 cm³/mol. The van der Waals surface area contributed by atoms with E-state index in [0.29, 0.717) is 32.4 Å². The summed E-state index contributed by atoms with van der Waals surface area (Å²) < 4.78 is 0. The first-order valence-electron chi connectivity index (χ1n) is 5.86. The van der Waals surface area contributed by atoms with Crippen LogP contribution in [0.1, 0.15) is 19.3 Å². The maximum Gasteiger partial charge on any atom is 0.215 e. The van der Waals surface area contributed by atoms with Crippen LogP contribution in [0.5, 0.6) is 0 Å². The SMILES string of the molecule is BCC(=O)N(CCN)[C@@H](C=O)CCCCN. The molecule has 0 unspecified atom stereocenters. The number of nitrogens with two attached hydrogens (primary N) is 2. The van der Waals surface area contributed by atoms with Crippen LogP contribution in [-0.4, -0.2) is 50.6 Å². The van der Waals surface area contributed by atoms with Crippen molar-refractivity contribution in [3.63, 3.8) is 0 Å². The van der Waals surface area contributed by atoms with Crippen molar-refractivity contribution >= 4 is 20.0 Å². The molecule has 0 bridgehead atoms. The molecule has 5 nitrogen and oxygen atoms in total. The Bertz CT molecular complexity index is 214. The van der Waals surface area contributed by atoms with Crippen LogP contribution in [0.15, 0.2) is 0 Å². The number of hydrogen-bond donors (Lipinski definition) is 2. The maximum absolute atomic E-state index is 11.6. The average Bonchev–Trinajstić information content (AvgIpc) is 2.31. The fourth-order valence-electron chi connectivity index (χ4n) is 1.61. The summed E-state index contributed by atoms with van der Waals surface area (Å²) in [7, 11) is 1.79. The Hall–Kier alpha value is -0.875. The first-order valence-corrected chi connectivity index (χ1v) is 5.86. The lowest BCUT2D eigenvalue weighted by molar-refractivity contribution is -0.134. The zero-order valence-electron chi connectivity index (χ0n) is 10.0. The summed E-state index contributed by atoms with van der Waals surface area (Å²) >= 11 is 0. The first-order chi connectivity index (χ1) is 7.71. The highest BCUT2D eigenvalue weighted by molar-refractivity contribution is 6.19. The molecule has 4 N–H and O–H groups in total. The molecule has 0 aromatic carbocycles. The molecule has 0 fully saturated rings. The van der Waals surface area contributed by atoms with Crippen molar-refractivity contribution in [1.29, 1.82) is 0 Å². The minimum atomic E-state index is -0.345. The van der Waals surface area contributed by atoms with Gasteiger partial charge in [-0.3, -0.25) is 4.79 Å². The van der Waals surface area contributed by atoms with Crippen LogP contribution in [0.25, 0.3) is 0 Å². The number of hydrogen-bond acceptors (Lipinski definition) is 4. The molecule has 0 spiro atoms. The minimum Gasteiger partial charge on any atom is -0.332 e. The lowest BCUT2D eigenvalue weighted by Gasteiger charge is -2.27. The summed E-state index contributed by atoms with van der Waals surface area (Å²) in [6, 6.07) is -0.345. The Kier molecular flexibility index (Phi) is 8.85. The van der Waals surface area contributed by atoms with Gasteiger partial charge in [-0.25, -0.2) is 0 Å². The lowest BCUT2D eigenvalue weighted by atomic mass is 10.0. The van der Waals surface area contributed by atoms with E-state index >= 15 is 0 Å². The largest absolute Gasteiger partial charge is 0.332 e. The fraction of sp³-hybridized carbons (Fsp3) is 0.800. The summed E-state index contributed by atoms with van der Waals surface area (Å²) in [5.41, 5.74) is 10.8. The third-order valence-corrected chi connectivity index (χ3v) is 2.50. The number of rotatable bonds is 9. The van der Waals surface area contributed by atoms with Crippen LogP contribution in [0, 0.1) is 0 Å². The molecule has 0 aliphatic rings. The highest BCUT2D eigenvalue weighted by Gasteiger charge is 2.20. The Morgan fingerprint density at radius 2 is 2.00 bits per heavy atom. The van der Waals surface area contributed by atoms with Gasteiger partial charge < -0.3 is 21.2 Å². The van der Waals surface area contributed by atoms with Crippen LogP contribution in [-0.2, 0) is 9.59 Å². The van der Waals surface area contributed by atoms with Crippen molar-refractivity contribution in [3.05, 3.63) is 0 Å². The van der Waals surface area contributed by atoms with Gasteiger partial charge in [0.15, 0.2) is 0 Å². The molecule has 0 aromatic rings. The Morgan fingerprint density at radius 1 is 1.31 bits per heavy atom. The number of unbranched alkanes of at least 4 members (excludes halogenated alkanes) is 1. The van der Waals surface area contributed by atoms with Crippen molar-refractivity contribution in [2.45, 2.75) is 31.6 Å². The number of amides is 1. The van der Waals surface area contributed by atoms with E-state index in [-0.39, 0.29) is 11.9 Å². The minimum absolute atomic E-state index is 0.0182. The molecule has 0 radical (unpaired) electrons. The third-order valence-electron chi connectivity index (χ3n) is 2.50. The van der Waals surface area contributed by atoms with Crippen molar-refractivity contribution in [1.82, 2.24) is 4.90 Å². The van der Waals surface area contributed by atoms with E-state index in [9.17, 15) is 9.59 Å². The third kappa shape index (κ3) is 5.28. The Morgan fingerprint density at radius 3 is 2.44 bits per heavy atom. The van der Waals surface area contributed by atoms with Gasteiger partial charge in [-0.1, -0.05) is 0 Å². The molecule has 1 amide bonds. The number of carbonyl (C=O) groups excluding carboxylic acids is 2. The van der Waals surface area contributed by atoms with Crippen molar-refractivity contribution in [2.75, 3.05) is 19.6 Å². The van der Waals surface area contributed by atoms with Gasteiger partial charge in [0.2, 0.25) is 5.91 Å². The van der Waals surface area contributed by atoms with E-state index in [0.717, 1.165) is 19.1 Å². The Labute approximate surface area is 97.9 Å². The van der Waals surface area contributed by atoms with E-state index in [1.165, 1.54) is 0 Å². The van der Waals surface area contributed by atoms with Crippen molar-refractivity contribution < 1.29 is 9.59 Å². The fourth-order valence-corrected chi connectivity index (χ4v) is 1.61. The second-order valence-corrected chi connectivity index (χ2v) is 3.72. The molecule has 0 aliphatic heterocycles. The normalized spacial score (nSPS) is 12.1. The molecule has 0 aromatic heterocycles. The molecular formula is C10H22BN3O2. The molecule has 0 saturated carbocycles. The van der Waals surface area contributed by atoms with E-state index < -0.39 is 0 Å². The number of carbonyl (C=O) groups is 2. The van der Waals surface area contributed by atoms with Crippen molar-refractivity contribution in [2.24, 2.45) is 11.5 Å². The first kappa shape index (κ1) is 15.1. The second kappa shape index (κ2) is 9.36. The van der Waals surface area contributed by atoms with Gasteiger partial charge in [0, 0.05) is 13.1 Å². The lowest BCUT2D eigenvalue weighted by Crippen LogP contribution is -2.44. The van der Waals surface area contributed by atoms with E-state index in [2.05, 4.69) is 0 Å². The summed E-state index contributed by atoms with van der Waals surface area (Å²) in [4.78, 5) is 24.2. The molecule has 16 heavy (non-hydrogen) atoms. The standard InChI is InChI=1S/C10H22BN3O2/c11-7-10(16)14(6-5-13)9(8-15)3-1-2-4-12/h8-9H,1-7,11-13H2/t9-/m1/s1. The van der Waals surface area contributed by atoms with Crippen LogP contribution in [0.2, 0.25) is 6.32 Å². The van der Waals surface area contributed by atoms with Gasteiger partial charge in [-0.2, -0.15) is 0 Å². The Balaban J connectivity index is 4.32. The van der Waals surface area contributed by atoms with Crippen LogP contribution >= 0.6 is 0 Å². The second-order valence-electron chi connectivity index (χ2n) is 3.72. The van der Waals surface area contributed by atoms with Gasteiger partial charge in [0.05, 0.1) is 6.04 Å². The average molecular weight is 227 g/mol. The van der Waals surface area contributed by atoms with Crippen LogP contribution < -0.4 is 11.5 Å². The van der Waals surface area contributed by atoms with Gasteiger partial charge in [-0.15, -0.1) is 0 Å². The topological polar surface area (TPSA) is 89.4 Å². The van der Waals surface area contributed by atoms with Gasteiger partial charge in [0.25, 0.3) is 0 Å². The molecule has 92 valence electrons. The zero-order chi connectivity index (χ0) is 12.4. The van der Waals surface area contributed by atoms with E-state index in [4.69, 9.17) is 11.5 Å². The molecule has 1 atom stereocenters. The monoisotopic (exact) mass is 227 g/mol. The molecule has 6 heteroatoms. The number of aldehydes is 1. The molecule has 0 aliphatic carbocycles. The van der Waals surface area contributed by atoms with E-state index in [1.807, 2.05) is 0 Å². The molecule has 0 heterocycles. The molecule has 0 saturated heterocycles. The maximum atomic E-state index is 11.6. The van der Waals surface area contributed by atoms with Gasteiger partial charge >= 0.3 is 0 Å². The smallest absolute Gasteiger partial charge is 0.215 e. The molecular weight excluding hydrogens is 205 g/mol. The molecule has 0 rings (SSSR count). The van der Waals surface area contributed by atoms with Gasteiger partial charge in [0.1, 0.15) is 14.1 Å².